The van der Waals surface area contributed by atoms with Crippen LogP contribution in [0.5, 0.6) is 0 Å². The molecular formula is C14H22O2. The Bertz CT molecular complexity index is 321. The highest BCUT2D eigenvalue weighted by Gasteiger charge is 2.51. The fraction of sp³-hybridized carbons (Fsp3) is 0.786. The van der Waals surface area contributed by atoms with E-state index in [1.807, 2.05) is 6.08 Å². The fourth-order valence-electron chi connectivity index (χ4n) is 3.42. The van der Waals surface area contributed by atoms with E-state index in [0.29, 0.717) is 5.92 Å². The molecule has 0 unspecified atom stereocenters. The summed E-state index contributed by atoms with van der Waals surface area (Å²) in [6.45, 7) is 6.51. The Labute approximate surface area is 97.7 Å². The molecule has 90 valence electrons. The summed E-state index contributed by atoms with van der Waals surface area (Å²) in [7, 11) is 0. The van der Waals surface area contributed by atoms with Gasteiger partial charge in [0.2, 0.25) is 0 Å². The lowest BCUT2D eigenvalue weighted by atomic mass is 9.54. The third-order valence-corrected chi connectivity index (χ3v) is 4.93. The van der Waals surface area contributed by atoms with E-state index in [9.17, 15) is 9.90 Å². The molecule has 0 aromatic heterocycles. The van der Waals surface area contributed by atoms with Gasteiger partial charge >= 0.3 is 0 Å². The maximum absolute atomic E-state index is 12.2. The molecular weight excluding hydrogens is 200 g/mol. The number of ketones is 1. The zero-order chi connectivity index (χ0) is 11.9. The lowest BCUT2D eigenvalue weighted by molar-refractivity contribution is -0.146. The molecule has 0 amide bonds. The molecule has 1 saturated carbocycles. The molecule has 0 radical (unpaired) electrons. The van der Waals surface area contributed by atoms with Crippen molar-refractivity contribution in [3.8, 4) is 0 Å². The van der Waals surface area contributed by atoms with Gasteiger partial charge in [0.15, 0.2) is 5.78 Å². The number of aliphatic hydroxyl groups is 1. The zero-order valence-electron chi connectivity index (χ0n) is 10.4. The Kier molecular flexibility index (Phi) is 2.95. The summed E-state index contributed by atoms with van der Waals surface area (Å²) in [5.41, 5.74) is 0.0613. The Morgan fingerprint density at radius 3 is 2.88 bits per heavy atom. The minimum absolute atomic E-state index is 0.0448. The van der Waals surface area contributed by atoms with E-state index in [-0.39, 0.29) is 23.0 Å². The van der Waals surface area contributed by atoms with Crippen molar-refractivity contribution in [1.29, 1.82) is 0 Å². The van der Waals surface area contributed by atoms with Crippen molar-refractivity contribution in [3.63, 3.8) is 0 Å². The molecule has 2 heteroatoms. The molecule has 2 rings (SSSR count). The van der Waals surface area contributed by atoms with Crippen LogP contribution in [0.1, 0.15) is 40.0 Å². The first-order chi connectivity index (χ1) is 7.50. The van der Waals surface area contributed by atoms with E-state index in [1.54, 1.807) is 0 Å². The zero-order valence-corrected chi connectivity index (χ0v) is 10.4. The number of hydrogen-bond acceptors (Lipinski definition) is 2. The number of allylic oxidation sites excluding steroid dienone is 2. The third-order valence-electron chi connectivity index (χ3n) is 4.93. The number of carbonyl (C=O) groups excluding carboxylic acids is 1. The van der Waals surface area contributed by atoms with Crippen LogP contribution in [0.4, 0.5) is 0 Å². The maximum atomic E-state index is 12.2. The quantitative estimate of drug-likeness (QED) is 0.692. The summed E-state index contributed by atoms with van der Waals surface area (Å²) in [5.74, 6) is 0.674. The van der Waals surface area contributed by atoms with Crippen LogP contribution in [0.15, 0.2) is 12.2 Å². The summed E-state index contributed by atoms with van der Waals surface area (Å²) in [6, 6.07) is 0. The number of hydrogen-bond donors (Lipinski definition) is 1. The third kappa shape index (κ3) is 1.55. The van der Waals surface area contributed by atoms with E-state index < -0.39 is 6.10 Å². The number of fused-ring (bicyclic) bond motifs is 1. The van der Waals surface area contributed by atoms with E-state index in [2.05, 4.69) is 26.8 Å². The second-order valence-electron chi connectivity index (χ2n) is 5.77. The van der Waals surface area contributed by atoms with Gasteiger partial charge in [-0.1, -0.05) is 39.3 Å². The van der Waals surface area contributed by atoms with Crippen LogP contribution >= 0.6 is 0 Å². The molecule has 2 aliphatic carbocycles. The highest BCUT2D eigenvalue weighted by molar-refractivity contribution is 5.88. The molecule has 5 atom stereocenters. The van der Waals surface area contributed by atoms with Crippen molar-refractivity contribution in [2.45, 2.75) is 46.1 Å². The standard InChI is InChI=1S/C14H22O2/c1-4-10-8-14(3)9(2)6-5-7-11(14)13(16)12(10)15/h5,7,9-12,15H,4,6,8H2,1-3H3/t9-,10-,11+,12+,14+/m0/s1. The van der Waals surface area contributed by atoms with Crippen molar-refractivity contribution in [3.05, 3.63) is 12.2 Å². The minimum atomic E-state index is -0.738. The monoisotopic (exact) mass is 222 g/mol. The Balaban J connectivity index is 2.35. The minimum Gasteiger partial charge on any atom is -0.385 e. The van der Waals surface area contributed by atoms with E-state index in [4.69, 9.17) is 0 Å². The average molecular weight is 222 g/mol. The molecule has 1 fully saturated rings. The van der Waals surface area contributed by atoms with Crippen LogP contribution < -0.4 is 0 Å². The SMILES string of the molecule is CC[C@H]1C[C@@]2(C)[C@H](C=CC[C@@H]2C)C(=O)[C@@H]1O. The van der Waals surface area contributed by atoms with Crippen LogP contribution in [0.25, 0.3) is 0 Å². The molecule has 0 aliphatic heterocycles. The van der Waals surface area contributed by atoms with Crippen LogP contribution in [0.2, 0.25) is 0 Å². The van der Waals surface area contributed by atoms with Crippen molar-refractivity contribution < 1.29 is 9.90 Å². The Morgan fingerprint density at radius 2 is 2.25 bits per heavy atom. The topological polar surface area (TPSA) is 37.3 Å². The first kappa shape index (κ1) is 11.8. The molecule has 2 aliphatic rings. The molecule has 0 saturated heterocycles. The van der Waals surface area contributed by atoms with Crippen LogP contribution in [-0.4, -0.2) is 17.0 Å². The van der Waals surface area contributed by atoms with Gasteiger partial charge in [0, 0.05) is 5.92 Å². The first-order valence-corrected chi connectivity index (χ1v) is 6.39. The molecule has 0 bridgehead atoms. The van der Waals surface area contributed by atoms with Gasteiger partial charge in [0.05, 0.1) is 0 Å². The van der Waals surface area contributed by atoms with Crippen molar-refractivity contribution in [2.24, 2.45) is 23.2 Å². The molecule has 0 aromatic carbocycles. The van der Waals surface area contributed by atoms with Gasteiger partial charge in [-0.25, -0.2) is 0 Å². The first-order valence-electron chi connectivity index (χ1n) is 6.39. The van der Waals surface area contributed by atoms with Crippen LogP contribution in [0.3, 0.4) is 0 Å². The second-order valence-corrected chi connectivity index (χ2v) is 5.77. The summed E-state index contributed by atoms with van der Waals surface area (Å²) >= 11 is 0. The number of rotatable bonds is 1. The molecule has 0 aromatic rings. The number of carbonyl (C=O) groups is 1. The van der Waals surface area contributed by atoms with Gasteiger partial charge in [0.1, 0.15) is 6.10 Å². The predicted molar refractivity (Wildman–Crippen MR) is 63.9 cm³/mol. The molecule has 1 N–H and O–H groups in total. The van der Waals surface area contributed by atoms with E-state index >= 15 is 0 Å². The van der Waals surface area contributed by atoms with Crippen molar-refractivity contribution in [2.75, 3.05) is 0 Å². The lowest BCUT2D eigenvalue weighted by Gasteiger charge is -2.49. The van der Waals surface area contributed by atoms with Gasteiger partial charge in [-0.05, 0) is 30.1 Å². The van der Waals surface area contributed by atoms with Crippen molar-refractivity contribution >= 4 is 5.78 Å². The number of aliphatic hydroxyl groups excluding tert-OH is 1. The Hall–Kier alpha value is -0.630. The van der Waals surface area contributed by atoms with E-state index in [0.717, 1.165) is 19.3 Å². The second kappa shape index (κ2) is 3.99. The molecule has 16 heavy (non-hydrogen) atoms. The molecule has 2 nitrogen and oxygen atoms in total. The number of Topliss-reactive ketones (excluding diaryl/α,β-unsaturated/α-hetero) is 1. The average Bonchev–Trinajstić information content (AvgIpc) is 2.27. The van der Waals surface area contributed by atoms with Gasteiger partial charge in [0.25, 0.3) is 0 Å². The highest BCUT2D eigenvalue weighted by atomic mass is 16.3. The largest absolute Gasteiger partial charge is 0.385 e. The summed E-state index contributed by atoms with van der Waals surface area (Å²) in [5, 5.41) is 9.99. The lowest BCUT2D eigenvalue weighted by Crippen LogP contribution is -2.52. The maximum Gasteiger partial charge on any atom is 0.168 e. The summed E-state index contributed by atoms with van der Waals surface area (Å²) in [6.07, 6.45) is 6.33. The van der Waals surface area contributed by atoms with Crippen LogP contribution in [-0.2, 0) is 4.79 Å². The smallest absolute Gasteiger partial charge is 0.168 e. The van der Waals surface area contributed by atoms with Gasteiger partial charge in [-0.15, -0.1) is 0 Å². The van der Waals surface area contributed by atoms with Gasteiger partial charge < -0.3 is 5.11 Å². The molecule has 0 heterocycles. The predicted octanol–water partition coefficient (Wildman–Crippen LogP) is 2.56. The van der Waals surface area contributed by atoms with Gasteiger partial charge in [-0.2, -0.15) is 0 Å². The van der Waals surface area contributed by atoms with Crippen molar-refractivity contribution in [1.82, 2.24) is 0 Å². The van der Waals surface area contributed by atoms with Crippen LogP contribution in [0, 0.1) is 23.2 Å². The Morgan fingerprint density at radius 1 is 1.56 bits per heavy atom. The normalized spacial score (nSPS) is 47.9. The highest BCUT2D eigenvalue weighted by Crippen LogP contribution is 2.51. The van der Waals surface area contributed by atoms with Gasteiger partial charge in [-0.3, -0.25) is 4.79 Å². The summed E-state index contributed by atoms with van der Waals surface area (Å²) in [4.78, 5) is 12.2. The molecule has 0 spiro atoms. The van der Waals surface area contributed by atoms with E-state index in [1.165, 1.54) is 0 Å². The summed E-state index contributed by atoms with van der Waals surface area (Å²) < 4.78 is 0. The fourth-order valence-corrected chi connectivity index (χ4v) is 3.42.